The van der Waals surface area contributed by atoms with Crippen LogP contribution in [0.1, 0.15) is 30.5 Å². The Morgan fingerprint density at radius 1 is 1.32 bits per heavy atom. The molecule has 2 bridgehead atoms. The first-order chi connectivity index (χ1) is 11.9. The van der Waals surface area contributed by atoms with Gasteiger partial charge in [0.05, 0.1) is 18.8 Å². The van der Waals surface area contributed by atoms with Gasteiger partial charge in [0.25, 0.3) is 0 Å². The molecule has 0 radical (unpaired) electrons. The van der Waals surface area contributed by atoms with Gasteiger partial charge in [-0.1, -0.05) is 17.7 Å². The van der Waals surface area contributed by atoms with E-state index < -0.39 is 5.72 Å². The summed E-state index contributed by atoms with van der Waals surface area (Å²) in [5.41, 5.74) is 1.83. The number of carbonyl (C=O) groups excluding carboxylic acids is 1. The van der Waals surface area contributed by atoms with Gasteiger partial charge in [-0.25, -0.2) is 4.79 Å². The second-order valence-corrected chi connectivity index (χ2v) is 7.11. The predicted octanol–water partition coefficient (Wildman–Crippen LogP) is 4.43. The Morgan fingerprint density at radius 2 is 2.12 bits per heavy atom. The normalized spacial score (nSPS) is 24.2. The maximum atomic E-state index is 12.9. The maximum absolute atomic E-state index is 12.9. The number of anilines is 1. The minimum atomic E-state index is -0.811. The molecule has 2 aliphatic heterocycles. The highest BCUT2D eigenvalue weighted by Gasteiger charge is 2.50. The Balaban J connectivity index is 1.83. The minimum Gasteiger partial charge on any atom is -0.495 e. The third-order valence-corrected chi connectivity index (χ3v) is 5.04. The number of ether oxygens (including phenoxy) is 2. The quantitative estimate of drug-likeness (QED) is 0.864. The van der Waals surface area contributed by atoms with Gasteiger partial charge in [-0.3, -0.25) is 4.90 Å². The number of halogens is 1. The van der Waals surface area contributed by atoms with Crippen molar-refractivity contribution in [3.8, 4) is 11.5 Å². The molecule has 1 fully saturated rings. The van der Waals surface area contributed by atoms with E-state index in [1.54, 1.807) is 18.1 Å². The SMILES string of the molecule is COc1ccc(C)cc1N1C(=O)NC2CC1(C)Oc1ccc(Cl)cc12. The molecule has 1 saturated heterocycles. The highest BCUT2D eigenvalue weighted by molar-refractivity contribution is 6.30. The lowest BCUT2D eigenvalue weighted by Gasteiger charge is -2.50. The highest BCUT2D eigenvalue weighted by atomic mass is 35.5. The van der Waals surface area contributed by atoms with E-state index in [1.807, 2.05) is 44.2 Å². The average Bonchev–Trinajstić information content (AvgIpc) is 2.55. The van der Waals surface area contributed by atoms with Crippen molar-refractivity contribution in [2.75, 3.05) is 12.0 Å². The van der Waals surface area contributed by atoms with Crippen molar-refractivity contribution in [1.82, 2.24) is 5.32 Å². The monoisotopic (exact) mass is 358 g/mol. The van der Waals surface area contributed by atoms with Crippen LogP contribution >= 0.6 is 11.6 Å². The van der Waals surface area contributed by atoms with Gasteiger partial charge in [-0.15, -0.1) is 0 Å². The topological polar surface area (TPSA) is 50.8 Å². The third-order valence-electron chi connectivity index (χ3n) is 4.81. The first kappa shape index (κ1) is 16.1. The maximum Gasteiger partial charge on any atom is 0.325 e. The smallest absolute Gasteiger partial charge is 0.325 e. The zero-order valence-corrected chi connectivity index (χ0v) is 15.1. The third kappa shape index (κ3) is 2.50. The van der Waals surface area contributed by atoms with Crippen molar-refractivity contribution in [2.24, 2.45) is 0 Å². The van der Waals surface area contributed by atoms with Gasteiger partial charge in [0, 0.05) is 17.0 Å². The zero-order chi connectivity index (χ0) is 17.8. The van der Waals surface area contributed by atoms with Crippen LogP contribution in [0.2, 0.25) is 5.02 Å². The molecule has 5 nitrogen and oxygen atoms in total. The summed E-state index contributed by atoms with van der Waals surface area (Å²) in [7, 11) is 1.60. The molecule has 4 rings (SSSR count). The van der Waals surface area contributed by atoms with E-state index in [2.05, 4.69) is 5.32 Å². The molecular formula is C19H19ClN2O3. The van der Waals surface area contributed by atoms with Gasteiger partial charge in [0.15, 0.2) is 5.72 Å². The van der Waals surface area contributed by atoms with Crippen LogP contribution in [-0.4, -0.2) is 18.9 Å². The number of aryl methyl sites for hydroxylation is 1. The minimum absolute atomic E-state index is 0.132. The highest BCUT2D eigenvalue weighted by Crippen LogP contribution is 2.47. The first-order valence-electron chi connectivity index (χ1n) is 8.15. The molecule has 2 aromatic carbocycles. The molecular weight excluding hydrogens is 340 g/mol. The van der Waals surface area contributed by atoms with Crippen LogP contribution in [0.4, 0.5) is 10.5 Å². The number of nitrogens with zero attached hydrogens (tertiary/aromatic N) is 1. The van der Waals surface area contributed by atoms with Crippen LogP contribution in [0.15, 0.2) is 36.4 Å². The van der Waals surface area contributed by atoms with Gasteiger partial charge in [-0.05, 0) is 49.7 Å². The zero-order valence-electron chi connectivity index (χ0n) is 14.3. The van der Waals surface area contributed by atoms with E-state index in [9.17, 15) is 4.79 Å². The molecule has 2 amide bonds. The Kier molecular flexibility index (Phi) is 3.58. The summed E-state index contributed by atoms with van der Waals surface area (Å²) in [5.74, 6) is 1.37. The second-order valence-electron chi connectivity index (χ2n) is 6.68. The summed E-state index contributed by atoms with van der Waals surface area (Å²) in [6.07, 6.45) is 0.614. The predicted molar refractivity (Wildman–Crippen MR) is 96.6 cm³/mol. The summed E-state index contributed by atoms with van der Waals surface area (Å²) >= 11 is 6.11. The van der Waals surface area contributed by atoms with Gasteiger partial charge in [0.2, 0.25) is 0 Å². The summed E-state index contributed by atoms with van der Waals surface area (Å²) in [4.78, 5) is 14.6. The van der Waals surface area contributed by atoms with Crippen molar-refractivity contribution < 1.29 is 14.3 Å². The van der Waals surface area contributed by atoms with E-state index in [4.69, 9.17) is 21.1 Å². The summed E-state index contributed by atoms with van der Waals surface area (Å²) in [6, 6.07) is 10.9. The van der Waals surface area contributed by atoms with Crippen molar-refractivity contribution in [3.63, 3.8) is 0 Å². The number of hydrogen-bond donors (Lipinski definition) is 1. The Bertz CT molecular complexity index is 870. The lowest BCUT2D eigenvalue weighted by atomic mass is 9.90. The van der Waals surface area contributed by atoms with Crippen LogP contribution in [0.3, 0.4) is 0 Å². The van der Waals surface area contributed by atoms with Crippen LogP contribution in [0.5, 0.6) is 11.5 Å². The van der Waals surface area contributed by atoms with E-state index in [-0.39, 0.29) is 12.1 Å². The molecule has 2 atom stereocenters. The van der Waals surface area contributed by atoms with Gasteiger partial charge in [0.1, 0.15) is 11.5 Å². The average molecular weight is 359 g/mol. The van der Waals surface area contributed by atoms with Crippen LogP contribution in [0, 0.1) is 6.92 Å². The lowest BCUT2D eigenvalue weighted by Crippen LogP contribution is -2.65. The summed E-state index contributed by atoms with van der Waals surface area (Å²) in [5, 5.41) is 3.70. The molecule has 6 heteroatoms. The molecule has 2 aliphatic rings. The molecule has 130 valence electrons. The number of urea groups is 1. The van der Waals surface area contributed by atoms with Gasteiger partial charge >= 0.3 is 6.03 Å². The molecule has 0 aromatic heterocycles. The number of amides is 2. The van der Waals surface area contributed by atoms with Gasteiger partial charge in [-0.2, -0.15) is 0 Å². The Hall–Kier alpha value is -2.40. The number of carbonyl (C=O) groups is 1. The van der Waals surface area contributed by atoms with Crippen molar-refractivity contribution in [1.29, 1.82) is 0 Å². The Labute approximate surface area is 151 Å². The fourth-order valence-electron chi connectivity index (χ4n) is 3.68. The standard InChI is InChI=1S/C19H19ClN2O3/c1-11-4-6-17(24-3)15(8-11)22-18(23)21-14-10-19(22,2)25-16-7-5-12(20)9-13(14)16/h4-9,14H,10H2,1-3H3,(H,21,23). The van der Waals surface area contributed by atoms with E-state index >= 15 is 0 Å². The van der Waals surface area contributed by atoms with E-state index in [0.717, 1.165) is 16.9 Å². The van der Waals surface area contributed by atoms with Crippen LogP contribution < -0.4 is 19.7 Å². The molecule has 0 saturated carbocycles. The summed E-state index contributed by atoms with van der Waals surface area (Å²) < 4.78 is 11.7. The number of fused-ring (bicyclic) bond motifs is 4. The van der Waals surface area contributed by atoms with Crippen LogP contribution in [-0.2, 0) is 0 Å². The lowest BCUT2D eigenvalue weighted by molar-refractivity contribution is 0.0375. The number of rotatable bonds is 2. The number of benzene rings is 2. The summed E-state index contributed by atoms with van der Waals surface area (Å²) in [6.45, 7) is 3.91. The van der Waals surface area contributed by atoms with E-state index in [0.29, 0.717) is 22.9 Å². The van der Waals surface area contributed by atoms with Gasteiger partial charge < -0.3 is 14.8 Å². The molecule has 2 aromatic rings. The Morgan fingerprint density at radius 3 is 2.88 bits per heavy atom. The fraction of sp³-hybridized carbons (Fsp3) is 0.316. The molecule has 1 N–H and O–H groups in total. The fourth-order valence-corrected chi connectivity index (χ4v) is 3.87. The first-order valence-corrected chi connectivity index (χ1v) is 8.53. The molecule has 2 unspecified atom stereocenters. The molecule has 25 heavy (non-hydrogen) atoms. The molecule has 0 aliphatic carbocycles. The number of nitrogens with one attached hydrogen (secondary N) is 1. The van der Waals surface area contributed by atoms with Crippen molar-refractivity contribution in [2.45, 2.75) is 32.0 Å². The van der Waals surface area contributed by atoms with Crippen molar-refractivity contribution in [3.05, 3.63) is 52.5 Å². The largest absolute Gasteiger partial charge is 0.495 e. The number of methoxy groups -OCH3 is 1. The van der Waals surface area contributed by atoms with Crippen molar-refractivity contribution >= 4 is 23.3 Å². The second kappa shape index (κ2) is 5.56. The number of hydrogen-bond acceptors (Lipinski definition) is 3. The van der Waals surface area contributed by atoms with E-state index in [1.165, 1.54) is 0 Å². The van der Waals surface area contributed by atoms with Crippen LogP contribution in [0.25, 0.3) is 0 Å². The molecule has 0 spiro atoms. The molecule has 2 heterocycles.